The van der Waals surface area contributed by atoms with Crippen LogP contribution in [0.4, 0.5) is 0 Å². The minimum atomic E-state index is 0.666. The predicted molar refractivity (Wildman–Crippen MR) is 60.8 cm³/mol. The van der Waals surface area contributed by atoms with Crippen molar-refractivity contribution >= 4 is 11.3 Å². The molecule has 78 valence electrons. The van der Waals surface area contributed by atoms with Crippen molar-refractivity contribution in [3.63, 3.8) is 0 Å². The van der Waals surface area contributed by atoms with Crippen LogP contribution in [0.15, 0.2) is 5.38 Å². The van der Waals surface area contributed by atoms with E-state index < -0.39 is 0 Å². The third-order valence-corrected chi connectivity index (χ3v) is 3.61. The van der Waals surface area contributed by atoms with E-state index in [-0.39, 0.29) is 0 Å². The summed E-state index contributed by atoms with van der Waals surface area (Å²) in [6.07, 6.45) is 6.54. The Balaban J connectivity index is 1.89. The molecule has 0 aromatic carbocycles. The maximum absolute atomic E-state index is 4.51. The second kappa shape index (κ2) is 4.89. The highest BCUT2D eigenvalue weighted by Gasteiger charge is 2.12. The smallest absolute Gasteiger partial charge is 0.0897 e. The molecular formula is C11H18N2S. The van der Waals surface area contributed by atoms with E-state index in [1.807, 2.05) is 0 Å². The molecule has 1 aliphatic rings. The molecule has 1 fully saturated rings. The Morgan fingerprint density at radius 1 is 1.50 bits per heavy atom. The van der Waals surface area contributed by atoms with Crippen molar-refractivity contribution in [1.29, 1.82) is 0 Å². The number of nitrogens with zero attached hydrogens (tertiary/aromatic N) is 1. The summed E-state index contributed by atoms with van der Waals surface area (Å²) in [4.78, 5) is 4.51. The Bertz CT molecular complexity index is 275. The van der Waals surface area contributed by atoms with Gasteiger partial charge in [0.25, 0.3) is 0 Å². The molecule has 0 radical (unpaired) electrons. The van der Waals surface area contributed by atoms with Gasteiger partial charge in [-0.05, 0) is 26.3 Å². The zero-order valence-corrected chi connectivity index (χ0v) is 9.57. The molecule has 3 heteroatoms. The van der Waals surface area contributed by atoms with Crippen LogP contribution in [0, 0.1) is 6.92 Å². The fourth-order valence-corrected chi connectivity index (χ4v) is 2.65. The van der Waals surface area contributed by atoms with Crippen LogP contribution in [-0.4, -0.2) is 17.6 Å². The summed E-state index contributed by atoms with van der Waals surface area (Å²) >= 11 is 1.76. The number of hydrogen-bond acceptors (Lipinski definition) is 3. The standard InChI is InChI=1S/C11H18N2S/c1-9-13-11(8-14-9)7-10-5-3-2-4-6-12-10/h8,10,12H,2-7H2,1H3. The first-order chi connectivity index (χ1) is 6.84. The Hall–Kier alpha value is -0.410. The van der Waals surface area contributed by atoms with Gasteiger partial charge in [-0.1, -0.05) is 12.8 Å². The lowest BCUT2D eigenvalue weighted by atomic mass is 10.1. The van der Waals surface area contributed by atoms with E-state index in [9.17, 15) is 0 Å². The van der Waals surface area contributed by atoms with Crippen molar-refractivity contribution in [1.82, 2.24) is 10.3 Å². The summed E-state index contributed by atoms with van der Waals surface area (Å²) in [5.74, 6) is 0. The first-order valence-corrected chi connectivity index (χ1v) is 6.37. The molecule has 1 aliphatic heterocycles. The molecule has 14 heavy (non-hydrogen) atoms. The molecule has 0 bridgehead atoms. The first kappa shape index (κ1) is 10.1. The quantitative estimate of drug-likeness (QED) is 0.811. The number of hydrogen-bond donors (Lipinski definition) is 1. The largest absolute Gasteiger partial charge is 0.314 e. The van der Waals surface area contributed by atoms with E-state index in [0.29, 0.717) is 6.04 Å². The number of nitrogens with one attached hydrogen (secondary N) is 1. The third kappa shape index (κ3) is 2.79. The highest BCUT2D eigenvalue weighted by Crippen LogP contribution is 2.15. The zero-order chi connectivity index (χ0) is 9.80. The minimum Gasteiger partial charge on any atom is -0.314 e. The van der Waals surface area contributed by atoms with Gasteiger partial charge in [0.2, 0.25) is 0 Å². The molecular weight excluding hydrogens is 192 g/mol. The molecule has 1 N–H and O–H groups in total. The fraction of sp³-hybridized carbons (Fsp3) is 0.727. The highest BCUT2D eigenvalue weighted by molar-refractivity contribution is 7.09. The molecule has 1 aromatic heterocycles. The fourth-order valence-electron chi connectivity index (χ4n) is 2.03. The van der Waals surface area contributed by atoms with Gasteiger partial charge in [0.1, 0.15) is 0 Å². The molecule has 0 aliphatic carbocycles. The van der Waals surface area contributed by atoms with Gasteiger partial charge < -0.3 is 5.32 Å². The Morgan fingerprint density at radius 2 is 2.43 bits per heavy atom. The van der Waals surface area contributed by atoms with E-state index >= 15 is 0 Å². The van der Waals surface area contributed by atoms with Crippen molar-refractivity contribution in [3.05, 3.63) is 16.1 Å². The summed E-state index contributed by atoms with van der Waals surface area (Å²) in [5, 5.41) is 6.99. The summed E-state index contributed by atoms with van der Waals surface area (Å²) in [5.41, 5.74) is 1.27. The van der Waals surface area contributed by atoms with Crippen molar-refractivity contribution in [2.45, 2.75) is 45.1 Å². The van der Waals surface area contributed by atoms with Gasteiger partial charge in [-0.15, -0.1) is 11.3 Å². The van der Waals surface area contributed by atoms with Crippen LogP contribution in [0.3, 0.4) is 0 Å². The maximum atomic E-state index is 4.51. The van der Waals surface area contributed by atoms with Gasteiger partial charge in [0.05, 0.1) is 10.7 Å². The molecule has 1 atom stereocenters. The Morgan fingerprint density at radius 3 is 3.21 bits per heavy atom. The van der Waals surface area contributed by atoms with Gasteiger partial charge in [0, 0.05) is 17.8 Å². The van der Waals surface area contributed by atoms with Gasteiger partial charge in [-0.25, -0.2) is 4.98 Å². The lowest BCUT2D eigenvalue weighted by Crippen LogP contribution is -2.30. The summed E-state index contributed by atoms with van der Waals surface area (Å²) in [6, 6.07) is 0.666. The molecule has 2 nitrogen and oxygen atoms in total. The third-order valence-electron chi connectivity index (χ3n) is 2.78. The molecule has 0 amide bonds. The average Bonchev–Trinajstić information content (AvgIpc) is 2.43. The number of aromatic nitrogens is 1. The lowest BCUT2D eigenvalue weighted by molar-refractivity contribution is 0.503. The van der Waals surface area contributed by atoms with Crippen LogP contribution >= 0.6 is 11.3 Å². The summed E-state index contributed by atoms with van der Waals surface area (Å²) < 4.78 is 0. The highest BCUT2D eigenvalue weighted by atomic mass is 32.1. The van der Waals surface area contributed by atoms with Crippen LogP contribution < -0.4 is 5.32 Å². The molecule has 1 aromatic rings. The Labute approximate surface area is 89.8 Å². The van der Waals surface area contributed by atoms with E-state index in [1.165, 1.54) is 42.9 Å². The van der Waals surface area contributed by atoms with Crippen molar-refractivity contribution in [2.75, 3.05) is 6.54 Å². The van der Waals surface area contributed by atoms with Gasteiger partial charge in [-0.2, -0.15) is 0 Å². The molecule has 1 saturated heterocycles. The summed E-state index contributed by atoms with van der Waals surface area (Å²) in [7, 11) is 0. The zero-order valence-electron chi connectivity index (χ0n) is 8.75. The van der Waals surface area contributed by atoms with Gasteiger partial charge in [0.15, 0.2) is 0 Å². The number of aryl methyl sites for hydroxylation is 1. The van der Waals surface area contributed by atoms with Crippen molar-refractivity contribution in [3.8, 4) is 0 Å². The normalized spacial score (nSPS) is 23.4. The van der Waals surface area contributed by atoms with E-state index in [2.05, 4.69) is 22.6 Å². The van der Waals surface area contributed by atoms with Crippen LogP contribution in [0.1, 0.15) is 36.4 Å². The summed E-state index contributed by atoms with van der Waals surface area (Å²) in [6.45, 7) is 3.27. The molecule has 1 unspecified atom stereocenters. The van der Waals surface area contributed by atoms with Gasteiger partial charge >= 0.3 is 0 Å². The van der Waals surface area contributed by atoms with Gasteiger partial charge in [-0.3, -0.25) is 0 Å². The number of thiazole rings is 1. The van der Waals surface area contributed by atoms with Crippen LogP contribution in [0.2, 0.25) is 0 Å². The van der Waals surface area contributed by atoms with Crippen molar-refractivity contribution < 1.29 is 0 Å². The number of rotatable bonds is 2. The molecule has 2 rings (SSSR count). The molecule has 2 heterocycles. The topological polar surface area (TPSA) is 24.9 Å². The maximum Gasteiger partial charge on any atom is 0.0897 e. The van der Waals surface area contributed by atoms with E-state index in [1.54, 1.807) is 11.3 Å². The monoisotopic (exact) mass is 210 g/mol. The predicted octanol–water partition coefficient (Wildman–Crippen LogP) is 2.53. The SMILES string of the molecule is Cc1nc(CC2CCCCCN2)cs1. The lowest BCUT2D eigenvalue weighted by Gasteiger charge is -2.13. The second-order valence-electron chi connectivity index (χ2n) is 4.06. The molecule has 0 saturated carbocycles. The first-order valence-electron chi connectivity index (χ1n) is 5.49. The van der Waals surface area contributed by atoms with Crippen LogP contribution in [0.5, 0.6) is 0 Å². The Kier molecular flexibility index (Phi) is 3.54. The van der Waals surface area contributed by atoms with Crippen LogP contribution in [0.25, 0.3) is 0 Å². The average molecular weight is 210 g/mol. The van der Waals surface area contributed by atoms with E-state index in [0.717, 1.165) is 6.42 Å². The van der Waals surface area contributed by atoms with Crippen LogP contribution in [-0.2, 0) is 6.42 Å². The van der Waals surface area contributed by atoms with Crippen molar-refractivity contribution in [2.24, 2.45) is 0 Å². The minimum absolute atomic E-state index is 0.666. The van der Waals surface area contributed by atoms with E-state index in [4.69, 9.17) is 0 Å². The second-order valence-corrected chi connectivity index (χ2v) is 5.12. The molecule has 0 spiro atoms.